The maximum absolute atomic E-state index is 13.8. The highest BCUT2D eigenvalue weighted by Gasteiger charge is 2.33. The summed E-state index contributed by atoms with van der Waals surface area (Å²) in [6.07, 6.45) is 2.24. The second kappa shape index (κ2) is 4.86. The van der Waals surface area contributed by atoms with Crippen molar-refractivity contribution < 1.29 is 9.50 Å². The Kier molecular flexibility index (Phi) is 3.43. The number of benzene rings is 1. The van der Waals surface area contributed by atoms with Crippen LogP contribution >= 0.6 is 0 Å². The zero-order valence-corrected chi connectivity index (χ0v) is 10.5. The van der Waals surface area contributed by atoms with Crippen molar-refractivity contribution in [1.82, 2.24) is 14.8 Å². The maximum Gasteiger partial charge on any atom is 0.163 e. The van der Waals surface area contributed by atoms with Crippen LogP contribution < -0.4 is 0 Å². The number of aryl methyl sites for hydroxylation is 1. The van der Waals surface area contributed by atoms with Crippen LogP contribution in [0, 0.1) is 5.82 Å². The topological polar surface area (TPSA) is 50.9 Å². The zero-order chi connectivity index (χ0) is 13.2. The van der Waals surface area contributed by atoms with Crippen molar-refractivity contribution >= 4 is 0 Å². The van der Waals surface area contributed by atoms with Crippen LogP contribution in [0.2, 0.25) is 0 Å². The molecule has 2 rings (SSSR count). The fourth-order valence-corrected chi connectivity index (χ4v) is 1.99. The van der Waals surface area contributed by atoms with E-state index in [2.05, 4.69) is 10.1 Å². The minimum Gasteiger partial charge on any atom is -0.377 e. The fourth-order valence-electron chi connectivity index (χ4n) is 1.99. The van der Waals surface area contributed by atoms with Gasteiger partial charge in [0.2, 0.25) is 0 Å². The summed E-state index contributed by atoms with van der Waals surface area (Å²) in [5.41, 5.74) is -1.29. The molecule has 2 aromatic rings. The van der Waals surface area contributed by atoms with Crippen LogP contribution in [0.5, 0.6) is 0 Å². The molecule has 0 saturated heterocycles. The molecule has 5 heteroatoms. The molecule has 0 aliphatic rings. The lowest BCUT2D eigenvalue weighted by Gasteiger charge is -2.23. The molecule has 1 unspecified atom stereocenters. The molecule has 4 nitrogen and oxygen atoms in total. The Morgan fingerprint density at radius 3 is 2.78 bits per heavy atom. The molecule has 0 radical (unpaired) electrons. The molecule has 0 aliphatic heterocycles. The Hall–Kier alpha value is -1.75. The molecule has 1 aromatic heterocycles. The summed E-state index contributed by atoms with van der Waals surface area (Å²) < 4.78 is 15.4. The summed E-state index contributed by atoms with van der Waals surface area (Å²) in [7, 11) is 0. The predicted molar refractivity (Wildman–Crippen MR) is 65.4 cm³/mol. The first-order valence-corrected chi connectivity index (χ1v) is 5.93. The molecule has 0 spiro atoms. The lowest BCUT2D eigenvalue weighted by Crippen LogP contribution is -2.29. The van der Waals surface area contributed by atoms with Crippen LogP contribution in [0.4, 0.5) is 4.39 Å². The molecule has 0 bridgehead atoms. The Morgan fingerprint density at radius 1 is 1.39 bits per heavy atom. The van der Waals surface area contributed by atoms with Gasteiger partial charge < -0.3 is 5.11 Å². The van der Waals surface area contributed by atoms with Gasteiger partial charge >= 0.3 is 0 Å². The molecule has 18 heavy (non-hydrogen) atoms. The van der Waals surface area contributed by atoms with Gasteiger partial charge in [-0.3, -0.25) is 0 Å². The molecule has 1 heterocycles. The first kappa shape index (κ1) is 12.7. The van der Waals surface area contributed by atoms with E-state index in [9.17, 15) is 9.50 Å². The molecule has 1 N–H and O–H groups in total. The Labute approximate surface area is 105 Å². The summed E-state index contributed by atoms with van der Waals surface area (Å²) >= 11 is 0. The summed E-state index contributed by atoms with van der Waals surface area (Å²) in [4.78, 5) is 4.06. The highest BCUT2D eigenvalue weighted by molar-refractivity contribution is 5.29. The largest absolute Gasteiger partial charge is 0.377 e. The normalized spacial score (nSPS) is 14.4. The highest BCUT2D eigenvalue weighted by atomic mass is 19.1. The van der Waals surface area contributed by atoms with Gasteiger partial charge in [-0.15, -0.1) is 0 Å². The van der Waals surface area contributed by atoms with E-state index < -0.39 is 11.4 Å². The first-order chi connectivity index (χ1) is 8.57. The molecule has 0 fully saturated rings. The van der Waals surface area contributed by atoms with E-state index in [0.717, 1.165) is 6.42 Å². The standard InChI is InChI=1S/C13H16FN3O/c1-3-8-17-12(15-9-16-17)13(2,18)10-6-4-5-7-11(10)14/h4-7,9,18H,3,8H2,1-2H3. The molecular formula is C13H16FN3O. The number of hydrogen-bond acceptors (Lipinski definition) is 3. The third-order valence-electron chi connectivity index (χ3n) is 2.88. The van der Waals surface area contributed by atoms with Crippen LogP contribution in [-0.4, -0.2) is 19.9 Å². The lowest BCUT2D eigenvalue weighted by molar-refractivity contribution is 0.0825. The molecular weight excluding hydrogens is 233 g/mol. The van der Waals surface area contributed by atoms with Gasteiger partial charge in [0.25, 0.3) is 0 Å². The molecule has 0 amide bonds. The van der Waals surface area contributed by atoms with Gasteiger partial charge in [-0.05, 0) is 19.4 Å². The maximum atomic E-state index is 13.8. The monoisotopic (exact) mass is 249 g/mol. The summed E-state index contributed by atoms with van der Waals surface area (Å²) in [5.74, 6) is -0.0944. The van der Waals surface area contributed by atoms with Crippen LogP contribution in [0.3, 0.4) is 0 Å². The third kappa shape index (κ3) is 2.13. The van der Waals surface area contributed by atoms with E-state index in [-0.39, 0.29) is 5.56 Å². The average molecular weight is 249 g/mol. The van der Waals surface area contributed by atoms with Crippen molar-refractivity contribution in [3.05, 3.63) is 47.8 Å². The van der Waals surface area contributed by atoms with Gasteiger partial charge in [0.05, 0.1) is 0 Å². The van der Waals surface area contributed by atoms with Crippen LogP contribution in [0.1, 0.15) is 31.7 Å². The van der Waals surface area contributed by atoms with E-state index in [1.807, 2.05) is 6.92 Å². The van der Waals surface area contributed by atoms with E-state index in [0.29, 0.717) is 12.4 Å². The SMILES string of the molecule is CCCn1ncnc1C(C)(O)c1ccccc1F. The van der Waals surface area contributed by atoms with E-state index in [1.165, 1.54) is 19.3 Å². The van der Waals surface area contributed by atoms with Crippen LogP contribution in [0.15, 0.2) is 30.6 Å². The van der Waals surface area contributed by atoms with Gasteiger partial charge in [0.15, 0.2) is 5.82 Å². The second-order valence-corrected chi connectivity index (χ2v) is 4.36. The molecule has 0 aliphatic carbocycles. The summed E-state index contributed by atoms with van der Waals surface area (Å²) in [6.45, 7) is 4.17. The Morgan fingerprint density at radius 2 is 2.11 bits per heavy atom. The van der Waals surface area contributed by atoms with E-state index >= 15 is 0 Å². The Bertz CT molecular complexity index is 537. The van der Waals surface area contributed by atoms with Crippen LogP contribution in [0.25, 0.3) is 0 Å². The molecule has 96 valence electrons. The Balaban J connectivity index is 2.47. The summed E-state index contributed by atoms with van der Waals surface area (Å²) in [5, 5.41) is 14.6. The van der Waals surface area contributed by atoms with Crippen molar-refractivity contribution in [2.45, 2.75) is 32.4 Å². The highest BCUT2D eigenvalue weighted by Crippen LogP contribution is 2.29. The van der Waals surface area contributed by atoms with Crippen molar-refractivity contribution in [3.8, 4) is 0 Å². The number of nitrogens with zero attached hydrogens (tertiary/aromatic N) is 3. The van der Waals surface area contributed by atoms with Crippen molar-refractivity contribution in [2.24, 2.45) is 0 Å². The van der Waals surface area contributed by atoms with Gasteiger partial charge in [0.1, 0.15) is 17.7 Å². The predicted octanol–water partition coefficient (Wildman–Crippen LogP) is 2.08. The minimum absolute atomic E-state index is 0.204. The third-order valence-corrected chi connectivity index (χ3v) is 2.88. The van der Waals surface area contributed by atoms with Gasteiger partial charge in [-0.1, -0.05) is 25.1 Å². The van der Waals surface area contributed by atoms with E-state index in [4.69, 9.17) is 0 Å². The molecule has 1 aromatic carbocycles. The smallest absolute Gasteiger partial charge is 0.163 e. The molecule has 1 atom stereocenters. The van der Waals surface area contributed by atoms with Gasteiger partial charge in [-0.2, -0.15) is 5.10 Å². The van der Waals surface area contributed by atoms with Gasteiger partial charge in [0, 0.05) is 12.1 Å². The summed E-state index contributed by atoms with van der Waals surface area (Å²) in [6, 6.07) is 6.16. The average Bonchev–Trinajstić information content (AvgIpc) is 2.79. The quantitative estimate of drug-likeness (QED) is 0.902. The van der Waals surface area contributed by atoms with Crippen molar-refractivity contribution in [1.29, 1.82) is 0 Å². The molecule has 0 saturated carbocycles. The van der Waals surface area contributed by atoms with Crippen molar-refractivity contribution in [2.75, 3.05) is 0 Å². The fraction of sp³-hybridized carbons (Fsp3) is 0.385. The number of hydrogen-bond donors (Lipinski definition) is 1. The minimum atomic E-state index is -1.49. The lowest BCUT2D eigenvalue weighted by atomic mass is 9.94. The number of rotatable bonds is 4. The van der Waals surface area contributed by atoms with Crippen molar-refractivity contribution in [3.63, 3.8) is 0 Å². The van der Waals surface area contributed by atoms with E-state index in [1.54, 1.807) is 22.9 Å². The van der Waals surface area contributed by atoms with Gasteiger partial charge in [-0.25, -0.2) is 14.1 Å². The van der Waals surface area contributed by atoms with Crippen LogP contribution in [-0.2, 0) is 12.1 Å². The second-order valence-electron chi connectivity index (χ2n) is 4.36. The number of aliphatic hydroxyl groups is 1. The number of halogens is 1. The zero-order valence-electron chi connectivity index (χ0n) is 10.5. The first-order valence-electron chi connectivity index (χ1n) is 5.93. The number of aromatic nitrogens is 3.